The molecule has 0 spiro atoms. The van der Waals surface area contributed by atoms with Gasteiger partial charge in [-0.1, -0.05) is 6.07 Å². The Morgan fingerprint density at radius 3 is 2.94 bits per heavy atom. The van der Waals surface area contributed by atoms with Gasteiger partial charge < -0.3 is 15.4 Å². The number of carbonyl (C=O) groups is 1. The van der Waals surface area contributed by atoms with Crippen LogP contribution in [-0.4, -0.2) is 30.6 Å². The third-order valence-electron chi connectivity index (χ3n) is 2.04. The topological polar surface area (TPSA) is 63.2 Å². The number of nitrogens with one attached hydrogen (secondary N) is 2. The number of rotatable bonds is 5. The van der Waals surface area contributed by atoms with Crippen LogP contribution in [0.2, 0.25) is 0 Å². The minimum Gasteiger partial charge on any atom is -0.481 e. The van der Waals surface area contributed by atoms with Crippen molar-refractivity contribution in [2.45, 2.75) is 19.9 Å². The van der Waals surface area contributed by atoms with Crippen molar-refractivity contribution in [3.8, 4) is 5.88 Å². The molecule has 0 aromatic carbocycles. The number of amides is 1. The number of pyridine rings is 1. The standard InChI is InChI=1S/C11H17N3O2/c1-4-12-11(15)8(2)13-9-6-5-7-10(14-9)16-3/h5-8H,4H2,1-3H3,(H,12,15)(H,13,14). The fourth-order valence-corrected chi connectivity index (χ4v) is 1.22. The molecule has 0 fully saturated rings. The molecule has 1 atom stereocenters. The zero-order valence-corrected chi connectivity index (χ0v) is 9.78. The van der Waals surface area contributed by atoms with Gasteiger partial charge in [-0.3, -0.25) is 4.79 Å². The fourth-order valence-electron chi connectivity index (χ4n) is 1.22. The summed E-state index contributed by atoms with van der Waals surface area (Å²) in [6.07, 6.45) is 0. The van der Waals surface area contributed by atoms with Crippen molar-refractivity contribution in [2.75, 3.05) is 19.0 Å². The van der Waals surface area contributed by atoms with Crippen LogP contribution in [0.4, 0.5) is 5.82 Å². The van der Waals surface area contributed by atoms with E-state index in [4.69, 9.17) is 4.74 Å². The van der Waals surface area contributed by atoms with Crippen molar-refractivity contribution in [1.82, 2.24) is 10.3 Å². The van der Waals surface area contributed by atoms with Crippen LogP contribution in [0.25, 0.3) is 0 Å². The summed E-state index contributed by atoms with van der Waals surface area (Å²) in [5.41, 5.74) is 0. The molecule has 5 nitrogen and oxygen atoms in total. The van der Waals surface area contributed by atoms with Gasteiger partial charge >= 0.3 is 0 Å². The number of hydrogen-bond donors (Lipinski definition) is 2. The van der Waals surface area contributed by atoms with E-state index in [1.807, 2.05) is 13.0 Å². The second-order valence-electron chi connectivity index (χ2n) is 3.33. The Hall–Kier alpha value is -1.78. The van der Waals surface area contributed by atoms with Gasteiger partial charge in [0.1, 0.15) is 11.9 Å². The molecule has 1 unspecified atom stereocenters. The van der Waals surface area contributed by atoms with Crippen LogP contribution in [0.1, 0.15) is 13.8 Å². The zero-order valence-electron chi connectivity index (χ0n) is 9.78. The van der Waals surface area contributed by atoms with Crippen LogP contribution in [0.3, 0.4) is 0 Å². The average Bonchev–Trinajstić information content (AvgIpc) is 2.29. The first-order valence-electron chi connectivity index (χ1n) is 5.22. The van der Waals surface area contributed by atoms with Crippen molar-refractivity contribution >= 4 is 11.7 Å². The van der Waals surface area contributed by atoms with Crippen molar-refractivity contribution < 1.29 is 9.53 Å². The minimum atomic E-state index is -0.320. The normalized spacial score (nSPS) is 11.7. The van der Waals surface area contributed by atoms with Gasteiger partial charge in [-0.25, -0.2) is 0 Å². The summed E-state index contributed by atoms with van der Waals surface area (Å²) < 4.78 is 4.99. The average molecular weight is 223 g/mol. The van der Waals surface area contributed by atoms with Gasteiger partial charge in [0.2, 0.25) is 11.8 Å². The highest BCUT2D eigenvalue weighted by atomic mass is 16.5. The first-order chi connectivity index (χ1) is 7.67. The number of nitrogens with zero attached hydrogens (tertiary/aromatic N) is 1. The molecule has 0 saturated carbocycles. The summed E-state index contributed by atoms with van der Waals surface area (Å²) >= 11 is 0. The summed E-state index contributed by atoms with van der Waals surface area (Å²) in [4.78, 5) is 15.6. The minimum absolute atomic E-state index is 0.0490. The van der Waals surface area contributed by atoms with Crippen LogP contribution >= 0.6 is 0 Å². The molecule has 1 heterocycles. The Morgan fingerprint density at radius 2 is 2.31 bits per heavy atom. The molecule has 0 radical (unpaired) electrons. The molecular formula is C11H17N3O2. The highest BCUT2D eigenvalue weighted by Crippen LogP contribution is 2.11. The smallest absolute Gasteiger partial charge is 0.242 e. The van der Waals surface area contributed by atoms with Gasteiger partial charge in [0.25, 0.3) is 0 Å². The Labute approximate surface area is 95.2 Å². The number of anilines is 1. The number of hydrogen-bond acceptors (Lipinski definition) is 4. The zero-order chi connectivity index (χ0) is 12.0. The maximum Gasteiger partial charge on any atom is 0.242 e. The van der Waals surface area contributed by atoms with E-state index >= 15 is 0 Å². The number of carbonyl (C=O) groups excluding carboxylic acids is 1. The lowest BCUT2D eigenvalue weighted by molar-refractivity contribution is -0.121. The van der Waals surface area contributed by atoms with E-state index < -0.39 is 0 Å². The highest BCUT2D eigenvalue weighted by molar-refractivity contribution is 5.83. The van der Waals surface area contributed by atoms with Crippen LogP contribution in [0.15, 0.2) is 18.2 Å². The number of aromatic nitrogens is 1. The molecule has 1 aromatic rings. The van der Waals surface area contributed by atoms with Gasteiger partial charge in [-0.05, 0) is 19.9 Å². The van der Waals surface area contributed by atoms with Crippen LogP contribution in [0, 0.1) is 0 Å². The molecule has 1 rings (SSSR count). The van der Waals surface area contributed by atoms with Gasteiger partial charge in [0.15, 0.2) is 0 Å². The Morgan fingerprint density at radius 1 is 1.56 bits per heavy atom. The molecule has 5 heteroatoms. The quantitative estimate of drug-likeness (QED) is 0.782. The molecule has 0 saturated heterocycles. The molecule has 0 aliphatic heterocycles. The lowest BCUT2D eigenvalue weighted by atomic mass is 10.3. The second-order valence-corrected chi connectivity index (χ2v) is 3.33. The predicted molar refractivity (Wildman–Crippen MR) is 62.6 cm³/mol. The number of likely N-dealkylation sites (N-methyl/N-ethyl adjacent to an activating group) is 1. The monoisotopic (exact) mass is 223 g/mol. The number of methoxy groups -OCH3 is 1. The molecule has 2 N–H and O–H groups in total. The molecule has 1 aromatic heterocycles. The maximum atomic E-state index is 11.5. The molecule has 1 amide bonds. The second kappa shape index (κ2) is 5.95. The lowest BCUT2D eigenvalue weighted by Gasteiger charge is -2.14. The Kier molecular flexibility index (Phi) is 4.57. The van der Waals surface area contributed by atoms with Crippen molar-refractivity contribution in [3.05, 3.63) is 18.2 Å². The van der Waals surface area contributed by atoms with E-state index in [1.54, 1.807) is 26.2 Å². The summed E-state index contributed by atoms with van der Waals surface area (Å²) in [6.45, 7) is 4.29. The first-order valence-corrected chi connectivity index (χ1v) is 5.22. The van der Waals surface area contributed by atoms with Crippen molar-refractivity contribution in [2.24, 2.45) is 0 Å². The van der Waals surface area contributed by atoms with E-state index in [1.165, 1.54) is 0 Å². The van der Waals surface area contributed by atoms with Crippen LogP contribution in [-0.2, 0) is 4.79 Å². The van der Waals surface area contributed by atoms with E-state index in [2.05, 4.69) is 15.6 Å². The van der Waals surface area contributed by atoms with Gasteiger partial charge in [-0.15, -0.1) is 0 Å². The van der Waals surface area contributed by atoms with Gasteiger partial charge in [0, 0.05) is 12.6 Å². The SMILES string of the molecule is CCNC(=O)C(C)Nc1cccc(OC)n1. The van der Waals surface area contributed by atoms with E-state index in [0.717, 1.165) is 0 Å². The Bertz CT molecular complexity index is 355. The van der Waals surface area contributed by atoms with E-state index in [-0.39, 0.29) is 11.9 Å². The van der Waals surface area contributed by atoms with Crippen LogP contribution in [0.5, 0.6) is 5.88 Å². The summed E-state index contributed by atoms with van der Waals surface area (Å²) in [5, 5.41) is 5.73. The first kappa shape index (κ1) is 12.3. The lowest BCUT2D eigenvalue weighted by Crippen LogP contribution is -2.37. The largest absolute Gasteiger partial charge is 0.481 e. The molecule has 16 heavy (non-hydrogen) atoms. The summed E-state index contributed by atoms with van der Waals surface area (Å²) in [6, 6.07) is 5.04. The van der Waals surface area contributed by atoms with Crippen LogP contribution < -0.4 is 15.4 Å². The summed E-state index contributed by atoms with van der Waals surface area (Å²) in [7, 11) is 1.55. The van der Waals surface area contributed by atoms with Crippen molar-refractivity contribution in [3.63, 3.8) is 0 Å². The third kappa shape index (κ3) is 3.42. The molecule has 0 bridgehead atoms. The maximum absolute atomic E-state index is 11.5. The molecule has 0 aliphatic rings. The Balaban J connectivity index is 2.61. The van der Waals surface area contributed by atoms with E-state index in [9.17, 15) is 4.79 Å². The number of ether oxygens (including phenoxy) is 1. The summed E-state index contributed by atoms with van der Waals surface area (Å²) in [5.74, 6) is 1.10. The van der Waals surface area contributed by atoms with Crippen molar-refractivity contribution in [1.29, 1.82) is 0 Å². The van der Waals surface area contributed by atoms with Gasteiger partial charge in [-0.2, -0.15) is 4.98 Å². The highest BCUT2D eigenvalue weighted by Gasteiger charge is 2.11. The molecule has 88 valence electrons. The molecule has 0 aliphatic carbocycles. The fraction of sp³-hybridized carbons (Fsp3) is 0.455. The third-order valence-corrected chi connectivity index (χ3v) is 2.04. The van der Waals surface area contributed by atoms with E-state index in [0.29, 0.717) is 18.2 Å². The van der Waals surface area contributed by atoms with Gasteiger partial charge in [0.05, 0.1) is 7.11 Å². The molecular weight excluding hydrogens is 206 g/mol. The predicted octanol–water partition coefficient (Wildman–Crippen LogP) is 1.03.